The highest BCUT2D eigenvalue weighted by Gasteiger charge is 2.08. The SMILES string of the molecule is C=C(CNC(C)(C)C)COc1cncc(Br)c1. The second-order valence-electron chi connectivity index (χ2n) is 4.98. The summed E-state index contributed by atoms with van der Waals surface area (Å²) < 4.78 is 6.49. The number of ether oxygens (including phenoxy) is 1. The van der Waals surface area contributed by atoms with Crippen LogP contribution in [0.5, 0.6) is 5.75 Å². The molecule has 1 N–H and O–H groups in total. The first kappa shape index (κ1) is 14.2. The van der Waals surface area contributed by atoms with E-state index in [1.807, 2.05) is 6.07 Å². The van der Waals surface area contributed by atoms with Crippen LogP contribution in [-0.2, 0) is 0 Å². The van der Waals surface area contributed by atoms with Crippen molar-refractivity contribution in [2.45, 2.75) is 26.3 Å². The Labute approximate surface area is 111 Å². The number of rotatable bonds is 5. The van der Waals surface area contributed by atoms with Gasteiger partial charge in [0, 0.05) is 22.8 Å². The second kappa shape index (κ2) is 6.17. The zero-order valence-electron chi connectivity index (χ0n) is 10.6. The molecule has 0 aromatic carbocycles. The highest BCUT2D eigenvalue weighted by molar-refractivity contribution is 9.10. The Morgan fingerprint density at radius 1 is 1.47 bits per heavy atom. The molecule has 1 aromatic rings. The molecule has 0 aliphatic rings. The van der Waals surface area contributed by atoms with E-state index in [0.717, 1.165) is 22.3 Å². The van der Waals surface area contributed by atoms with Crippen LogP contribution < -0.4 is 10.1 Å². The fourth-order valence-electron chi connectivity index (χ4n) is 1.10. The Hall–Kier alpha value is -0.870. The lowest BCUT2D eigenvalue weighted by atomic mass is 10.1. The largest absolute Gasteiger partial charge is 0.488 e. The van der Waals surface area contributed by atoms with Gasteiger partial charge in [0.2, 0.25) is 0 Å². The van der Waals surface area contributed by atoms with Gasteiger partial charge in [0.15, 0.2) is 0 Å². The molecule has 0 aliphatic carbocycles. The molecule has 0 aliphatic heterocycles. The lowest BCUT2D eigenvalue weighted by Gasteiger charge is -2.21. The molecule has 1 aromatic heterocycles. The van der Waals surface area contributed by atoms with Gasteiger partial charge >= 0.3 is 0 Å². The van der Waals surface area contributed by atoms with E-state index in [2.05, 4.69) is 53.6 Å². The van der Waals surface area contributed by atoms with Crippen molar-refractivity contribution >= 4 is 15.9 Å². The summed E-state index contributed by atoms with van der Waals surface area (Å²) in [6, 6.07) is 1.89. The Bertz CT molecular complexity index is 385. The molecule has 3 nitrogen and oxygen atoms in total. The van der Waals surface area contributed by atoms with E-state index in [1.165, 1.54) is 0 Å². The normalized spacial score (nSPS) is 11.3. The predicted molar refractivity (Wildman–Crippen MR) is 74.3 cm³/mol. The van der Waals surface area contributed by atoms with Gasteiger partial charge in [-0.2, -0.15) is 0 Å². The van der Waals surface area contributed by atoms with Crippen molar-refractivity contribution < 1.29 is 4.74 Å². The van der Waals surface area contributed by atoms with Crippen molar-refractivity contribution in [1.29, 1.82) is 0 Å². The molecule has 0 amide bonds. The molecule has 17 heavy (non-hydrogen) atoms. The molecular weight excluding hydrogens is 280 g/mol. The van der Waals surface area contributed by atoms with Gasteiger partial charge in [0.1, 0.15) is 12.4 Å². The van der Waals surface area contributed by atoms with Crippen LogP contribution >= 0.6 is 15.9 Å². The molecule has 0 radical (unpaired) electrons. The smallest absolute Gasteiger partial charge is 0.139 e. The Morgan fingerprint density at radius 3 is 2.76 bits per heavy atom. The molecule has 0 atom stereocenters. The van der Waals surface area contributed by atoms with E-state index < -0.39 is 0 Å². The molecule has 94 valence electrons. The Balaban J connectivity index is 2.33. The standard InChI is InChI=1S/C13H19BrN2O/c1-10(6-16-13(2,3)4)9-17-12-5-11(14)7-15-8-12/h5,7-8,16H,1,6,9H2,2-4H3. The molecule has 0 saturated carbocycles. The summed E-state index contributed by atoms with van der Waals surface area (Å²) in [4.78, 5) is 4.03. The zero-order valence-corrected chi connectivity index (χ0v) is 12.2. The van der Waals surface area contributed by atoms with E-state index >= 15 is 0 Å². The summed E-state index contributed by atoms with van der Waals surface area (Å²) in [7, 11) is 0. The summed E-state index contributed by atoms with van der Waals surface area (Å²) in [5, 5.41) is 3.36. The summed E-state index contributed by atoms with van der Waals surface area (Å²) in [5.74, 6) is 0.747. The van der Waals surface area contributed by atoms with Crippen molar-refractivity contribution in [2.75, 3.05) is 13.2 Å². The van der Waals surface area contributed by atoms with Gasteiger partial charge in [-0.3, -0.25) is 4.98 Å². The minimum absolute atomic E-state index is 0.0975. The van der Waals surface area contributed by atoms with Crippen molar-refractivity contribution in [3.8, 4) is 5.75 Å². The minimum Gasteiger partial charge on any atom is -0.488 e. The lowest BCUT2D eigenvalue weighted by Crippen LogP contribution is -2.37. The molecule has 0 bridgehead atoms. The quantitative estimate of drug-likeness (QED) is 0.848. The zero-order chi connectivity index (χ0) is 12.9. The average molecular weight is 299 g/mol. The van der Waals surface area contributed by atoms with Gasteiger partial charge in [-0.15, -0.1) is 0 Å². The van der Waals surface area contributed by atoms with Crippen LogP contribution in [0.3, 0.4) is 0 Å². The van der Waals surface area contributed by atoms with Gasteiger partial charge in [-0.1, -0.05) is 6.58 Å². The molecule has 4 heteroatoms. The molecular formula is C13H19BrN2O. The molecule has 0 fully saturated rings. The minimum atomic E-state index is 0.0975. The van der Waals surface area contributed by atoms with Crippen molar-refractivity contribution in [3.05, 3.63) is 35.1 Å². The number of hydrogen-bond donors (Lipinski definition) is 1. The maximum absolute atomic E-state index is 5.58. The maximum Gasteiger partial charge on any atom is 0.139 e. The van der Waals surface area contributed by atoms with Crippen LogP contribution in [0.2, 0.25) is 0 Å². The first-order chi connectivity index (χ1) is 7.87. The number of hydrogen-bond acceptors (Lipinski definition) is 3. The Kier molecular flexibility index (Phi) is 5.15. The number of aromatic nitrogens is 1. The van der Waals surface area contributed by atoms with Gasteiger partial charge in [0.25, 0.3) is 0 Å². The molecule has 0 saturated heterocycles. The second-order valence-corrected chi connectivity index (χ2v) is 5.90. The van der Waals surface area contributed by atoms with E-state index in [4.69, 9.17) is 4.74 Å². The highest BCUT2D eigenvalue weighted by atomic mass is 79.9. The summed E-state index contributed by atoms with van der Waals surface area (Å²) in [6.45, 7) is 11.6. The van der Waals surface area contributed by atoms with Gasteiger partial charge in [-0.05, 0) is 48.3 Å². The van der Waals surface area contributed by atoms with Crippen LogP contribution in [-0.4, -0.2) is 23.7 Å². The van der Waals surface area contributed by atoms with Gasteiger partial charge in [0.05, 0.1) is 6.20 Å². The van der Waals surface area contributed by atoms with Crippen LogP contribution in [0, 0.1) is 0 Å². The van der Waals surface area contributed by atoms with E-state index in [-0.39, 0.29) is 5.54 Å². The average Bonchev–Trinajstić information content (AvgIpc) is 2.23. The van der Waals surface area contributed by atoms with Gasteiger partial charge in [-0.25, -0.2) is 0 Å². The third kappa shape index (κ3) is 6.44. The van der Waals surface area contributed by atoms with E-state index in [1.54, 1.807) is 12.4 Å². The van der Waals surface area contributed by atoms with Crippen LogP contribution in [0.4, 0.5) is 0 Å². The highest BCUT2D eigenvalue weighted by Crippen LogP contribution is 2.16. The van der Waals surface area contributed by atoms with E-state index in [9.17, 15) is 0 Å². The maximum atomic E-state index is 5.58. The molecule has 0 unspecified atom stereocenters. The Morgan fingerprint density at radius 2 is 2.18 bits per heavy atom. The van der Waals surface area contributed by atoms with Crippen molar-refractivity contribution in [2.24, 2.45) is 0 Å². The van der Waals surface area contributed by atoms with Gasteiger partial charge < -0.3 is 10.1 Å². The van der Waals surface area contributed by atoms with Crippen molar-refractivity contribution in [3.63, 3.8) is 0 Å². The summed E-state index contributed by atoms with van der Waals surface area (Å²) in [6.07, 6.45) is 3.41. The predicted octanol–water partition coefficient (Wildman–Crippen LogP) is 3.17. The number of nitrogens with one attached hydrogen (secondary N) is 1. The van der Waals surface area contributed by atoms with Crippen LogP contribution in [0.25, 0.3) is 0 Å². The molecule has 1 rings (SSSR count). The number of nitrogens with zero attached hydrogens (tertiary/aromatic N) is 1. The topological polar surface area (TPSA) is 34.1 Å². The monoisotopic (exact) mass is 298 g/mol. The van der Waals surface area contributed by atoms with Crippen molar-refractivity contribution in [1.82, 2.24) is 10.3 Å². The van der Waals surface area contributed by atoms with Crippen LogP contribution in [0.15, 0.2) is 35.1 Å². The molecule has 0 spiro atoms. The third-order valence-electron chi connectivity index (χ3n) is 1.99. The third-order valence-corrected chi connectivity index (χ3v) is 2.43. The number of pyridine rings is 1. The number of halogens is 1. The first-order valence-electron chi connectivity index (χ1n) is 5.52. The first-order valence-corrected chi connectivity index (χ1v) is 6.31. The fourth-order valence-corrected chi connectivity index (χ4v) is 1.44. The van der Waals surface area contributed by atoms with Crippen LogP contribution in [0.1, 0.15) is 20.8 Å². The molecule has 1 heterocycles. The summed E-state index contributed by atoms with van der Waals surface area (Å²) in [5.41, 5.74) is 1.11. The summed E-state index contributed by atoms with van der Waals surface area (Å²) >= 11 is 3.35. The fraction of sp³-hybridized carbons (Fsp3) is 0.462. The lowest BCUT2D eigenvalue weighted by molar-refractivity contribution is 0.340. The van der Waals surface area contributed by atoms with E-state index in [0.29, 0.717) is 6.61 Å².